The highest BCUT2D eigenvalue weighted by Gasteiger charge is 2.53. The van der Waals surface area contributed by atoms with E-state index in [4.69, 9.17) is 27.9 Å². The van der Waals surface area contributed by atoms with Crippen LogP contribution in [0, 0.1) is 0 Å². The van der Waals surface area contributed by atoms with Gasteiger partial charge in [0.2, 0.25) is 5.72 Å². The van der Waals surface area contributed by atoms with Crippen molar-refractivity contribution in [2.45, 2.75) is 31.7 Å². The first kappa shape index (κ1) is 21.3. The van der Waals surface area contributed by atoms with Gasteiger partial charge in [-0.15, -0.1) is 0 Å². The quantitative estimate of drug-likeness (QED) is 0.675. The zero-order valence-electron chi connectivity index (χ0n) is 14.3. The Kier molecular flexibility index (Phi) is 6.01. The summed E-state index contributed by atoms with van der Waals surface area (Å²) in [6, 6.07) is 5.64. The minimum absolute atomic E-state index is 0.0667. The molecule has 1 aliphatic heterocycles. The van der Waals surface area contributed by atoms with Crippen molar-refractivity contribution in [3.05, 3.63) is 46.2 Å². The van der Waals surface area contributed by atoms with E-state index < -0.39 is 42.3 Å². The van der Waals surface area contributed by atoms with Gasteiger partial charge in [-0.05, 0) is 24.3 Å². The third kappa shape index (κ3) is 4.31. The van der Waals surface area contributed by atoms with Gasteiger partial charge in [-0.1, -0.05) is 23.2 Å². The molecule has 0 saturated carbocycles. The van der Waals surface area contributed by atoms with E-state index in [0.717, 1.165) is 10.7 Å². The summed E-state index contributed by atoms with van der Waals surface area (Å²) in [7, 11) is 0. The Bertz CT molecular complexity index is 956. The third-order valence-corrected chi connectivity index (χ3v) is 4.47. The van der Waals surface area contributed by atoms with Gasteiger partial charge >= 0.3 is 0 Å². The molecule has 1 N–H and O–H groups in total. The Morgan fingerprint density at radius 3 is 2.62 bits per heavy atom. The molecule has 2 heterocycles. The second-order valence-corrected chi connectivity index (χ2v) is 6.80. The van der Waals surface area contributed by atoms with E-state index in [1.165, 1.54) is 24.4 Å². The molecule has 1 aliphatic rings. The number of rotatable bonds is 6. The lowest BCUT2D eigenvalue weighted by atomic mass is 10.1. The molecule has 2 aromatic rings. The summed E-state index contributed by atoms with van der Waals surface area (Å²) in [6.07, 6.45) is -6.61. The Labute approximate surface area is 171 Å². The molecule has 1 atom stereocenters. The molecule has 0 spiro atoms. The molecule has 0 radical (unpaired) electrons. The van der Waals surface area contributed by atoms with Gasteiger partial charge in [0, 0.05) is 17.6 Å². The predicted molar refractivity (Wildman–Crippen MR) is 94.5 cm³/mol. The highest BCUT2D eigenvalue weighted by atomic mass is 35.5. The van der Waals surface area contributed by atoms with Gasteiger partial charge < -0.3 is 9.84 Å². The second-order valence-electron chi connectivity index (χ2n) is 5.95. The lowest BCUT2D eigenvalue weighted by Gasteiger charge is -2.29. The van der Waals surface area contributed by atoms with Crippen LogP contribution in [0.1, 0.15) is 16.9 Å². The van der Waals surface area contributed by atoms with E-state index >= 15 is 0 Å². The van der Waals surface area contributed by atoms with E-state index in [-0.39, 0.29) is 22.5 Å². The summed E-state index contributed by atoms with van der Waals surface area (Å²) >= 11 is 11.7. The molecule has 29 heavy (non-hydrogen) atoms. The van der Waals surface area contributed by atoms with Crippen LogP contribution in [-0.4, -0.2) is 50.1 Å². The van der Waals surface area contributed by atoms with Gasteiger partial charge in [0.25, 0.3) is 18.8 Å². The largest absolute Gasteiger partial charge is 0.470 e. The van der Waals surface area contributed by atoms with E-state index in [1.807, 2.05) is 0 Å². The Hall–Kier alpha value is -2.37. The molecule has 1 aromatic heterocycles. The van der Waals surface area contributed by atoms with Gasteiger partial charge in [-0.3, -0.25) is 4.79 Å². The molecule has 156 valence electrons. The van der Waals surface area contributed by atoms with Crippen molar-refractivity contribution >= 4 is 34.8 Å². The Morgan fingerprint density at radius 1 is 1.28 bits per heavy atom. The van der Waals surface area contributed by atoms with Gasteiger partial charge in [-0.25, -0.2) is 22.2 Å². The van der Waals surface area contributed by atoms with E-state index in [2.05, 4.69) is 10.2 Å². The molecular weight excluding hydrogens is 443 g/mol. The lowest BCUT2D eigenvalue weighted by molar-refractivity contribution is -0.164. The first-order valence-electron chi connectivity index (χ1n) is 7.93. The lowest BCUT2D eigenvalue weighted by Crippen LogP contribution is -2.51. The summed E-state index contributed by atoms with van der Waals surface area (Å²) in [5, 5.41) is 17.6. The van der Waals surface area contributed by atoms with Crippen molar-refractivity contribution in [3.8, 4) is 5.75 Å². The van der Waals surface area contributed by atoms with Crippen LogP contribution in [0.25, 0.3) is 0 Å². The fraction of sp³-hybridized carbons (Fsp3) is 0.312. The van der Waals surface area contributed by atoms with Crippen LogP contribution in [0.3, 0.4) is 0 Å². The highest BCUT2D eigenvalue weighted by molar-refractivity contribution is 6.35. The summed E-state index contributed by atoms with van der Waals surface area (Å²) in [4.78, 5) is 12.4. The van der Waals surface area contributed by atoms with Crippen molar-refractivity contribution in [3.63, 3.8) is 0 Å². The first-order chi connectivity index (χ1) is 13.6. The number of carbonyl (C=O) groups is 1. The van der Waals surface area contributed by atoms with Crippen molar-refractivity contribution < 1.29 is 32.2 Å². The van der Waals surface area contributed by atoms with Crippen LogP contribution in [0.15, 0.2) is 35.6 Å². The van der Waals surface area contributed by atoms with Crippen molar-refractivity contribution in [1.82, 2.24) is 14.8 Å². The summed E-state index contributed by atoms with van der Waals surface area (Å²) < 4.78 is 58.7. The number of carbonyl (C=O) groups excluding carboxylic acids is 1. The zero-order valence-corrected chi connectivity index (χ0v) is 15.8. The maximum Gasteiger partial charge on any atom is 0.297 e. The molecule has 3 rings (SSSR count). The minimum Gasteiger partial charge on any atom is -0.470 e. The van der Waals surface area contributed by atoms with Crippen LogP contribution >= 0.6 is 23.2 Å². The topological polar surface area (TPSA) is 80.0 Å². The number of alkyl halides is 4. The number of aromatic nitrogens is 2. The first-order valence-corrected chi connectivity index (χ1v) is 8.69. The fourth-order valence-corrected chi connectivity index (χ4v) is 2.95. The Morgan fingerprint density at radius 2 is 2.00 bits per heavy atom. The summed E-state index contributed by atoms with van der Waals surface area (Å²) in [5.41, 5.74) is -4.62. The minimum atomic E-state index is -3.52. The predicted octanol–water partition coefficient (Wildman–Crippen LogP) is 3.65. The number of hydrazone groups is 1. The molecule has 1 aromatic carbocycles. The molecule has 7 nitrogen and oxygen atoms in total. The number of aliphatic hydroxyl groups is 1. The fourth-order valence-electron chi connectivity index (χ4n) is 2.49. The number of benzene rings is 1. The van der Waals surface area contributed by atoms with Gasteiger partial charge in [-0.2, -0.15) is 15.2 Å². The van der Waals surface area contributed by atoms with Crippen molar-refractivity contribution in [1.29, 1.82) is 0 Å². The van der Waals surface area contributed by atoms with Crippen LogP contribution in [0.5, 0.6) is 5.75 Å². The number of hydrogen-bond acceptors (Lipinski definition) is 5. The maximum absolute atomic E-state index is 13.2. The molecule has 0 saturated heterocycles. The molecule has 0 fully saturated rings. The molecular formula is C16H12Cl2F4N4O3. The number of amides is 1. The van der Waals surface area contributed by atoms with Crippen LogP contribution in [0.4, 0.5) is 17.6 Å². The maximum atomic E-state index is 13.2. The van der Waals surface area contributed by atoms with Crippen LogP contribution in [-0.2, 0) is 6.73 Å². The second kappa shape index (κ2) is 8.17. The summed E-state index contributed by atoms with van der Waals surface area (Å²) in [6.45, 7) is -0.209. The molecule has 0 aliphatic carbocycles. The zero-order chi connectivity index (χ0) is 21.3. The molecule has 1 amide bonds. The average Bonchev–Trinajstić information content (AvgIpc) is 3.26. The smallest absolute Gasteiger partial charge is 0.297 e. The van der Waals surface area contributed by atoms with Crippen molar-refractivity contribution in [2.75, 3.05) is 0 Å². The Balaban J connectivity index is 1.75. The number of nitrogens with zero attached hydrogens (tertiary/aromatic N) is 4. The molecule has 13 heteroatoms. The number of halogens is 6. The normalized spacial score (nSPS) is 19.2. The van der Waals surface area contributed by atoms with Crippen molar-refractivity contribution in [2.24, 2.45) is 5.10 Å². The average molecular weight is 455 g/mol. The third-order valence-electron chi connectivity index (χ3n) is 3.94. The molecule has 1 unspecified atom stereocenters. The van der Waals surface area contributed by atoms with Crippen LogP contribution < -0.4 is 4.74 Å². The molecule has 0 bridgehead atoms. The standard InChI is InChI=1S/C16H12Cl2F4N4O3/c17-8-1-2-12(9(18)5-8)29-7-25-4-3-10(23-25)14(27)26-16(28,15(21)22)6-11(24-26)13(19)20/h1-5,13,15,28H,6-7H2. The number of ether oxygens (including phenoxy) is 1. The SMILES string of the molecule is O=C(c1ccn(COc2ccc(Cl)cc2Cl)n1)N1N=C(C(F)F)CC1(O)C(F)F. The number of hydrogen-bond donors (Lipinski definition) is 1. The summed E-state index contributed by atoms with van der Waals surface area (Å²) in [5.74, 6) is -0.996. The van der Waals surface area contributed by atoms with Gasteiger partial charge in [0.1, 0.15) is 11.5 Å². The highest BCUT2D eigenvalue weighted by Crippen LogP contribution is 2.34. The monoisotopic (exact) mass is 454 g/mol. The van der Waals surface area contributed by atoms with E-state index in [0.29, 0.717) is 5.02 Å². The van der Waals surface area contributed by atoms with E-state index in [1.54, 1.807) is 0 Å². The van der Waals surface area contributed by atoms with E-state index in [9.17, 15) is 27.5 Å². The van der Waals surface area contributed by atoms with Gasteiger partial charge in [0.05, 0.1) is 5.02 Å². The van der Waals surface area contributed by atoms with Crippen LogP contribution in [0.2, 0.25) is 10.0 Å². The van der Waals surface area contributed by atoms with Gasteiger partial charge in [0.15, 0.2) is 12.4 Å².